The summed E-state index contributed by atoms with van der Waals surface area (Å²) in [6, 6.07) is 1.74. The third kappa shape index (κ3) is 2.67. The summed E-state index contributed by atoms with van der Waals surface area (Å²) in [6.07, 6.45) is -0.593. The molecule has 1 atom stereocenters. The fourth-order valence-corrected chi connectivity index (χ4v) is 2.26. The van der Waals surface area contributed by atoms with Crippen molar-refractivity contribution >= 4 is 11.6 Å². The number of aliphatic hydroxyl groups is 1. The molecule has 96 valence electrons. The molecule has 3 nitrogen and oxygen atoms in total. The van der Waals surface area contributed by atoms with Crippen molar-refractivity contribution in [2.45, 2.75) is 32.8 Å². The first-order chi connectivity index (χ1) is 7.93. The van der Waals surface area contributed by atoms with E-state index in [-0.39, 0.29) is 5.92 Å². The van der Waals surface area contributed by atoms with Crippen LogP contribution in [0.25, 0.3) is 0 Å². The standard InChI is InChI=1S/C13H19ClO3/c1-7(2)11-9(8(3)15)6-10(14)12(16-4)13(11)17-5/h6-8,15H,1-5H3. The highest BCUT2D eigenvalue weighted by molar-refractivity contribution is 6.32. The summed E-state index contributed by atoms with van der Waals surface area (Å²) < 4.78 is 10.6. The van der Waals surface area contributed by atoms with Crippen molar-refractivity contribution in [2.24, 2.45) is 0 Å². The Kier molecular flexibility index (Phi) is 4.66. The van der Waals surface area contributed by atoms with Crippen LogP contribution < -0.4 is 9.47 Å². The molecule has 0 saturated carbocycles. The minimum Gasteiger partial charge on any atom is -0.492 e. The van der Waals surface area contributed by atoms with Gasteiger partial charge in [0.15, 0.2) is 11.5 Å². The number of halogens is 1. The Bertz CT molecular complexity index is 400. The summed E-state index contributed by atoms with van der Waals surface area (Å²) in [7, 11) is 3.13. The van der Waals surface area contributed by atoms with Gasteiger partial charge in [0, 0.05) is 5.56 Å². The summed E-state index contributed by atoms with van der Waals surface area (Å²) in [5.74, 6) is 1.33. The van der Waals surface area contributed by atoms with Gasteiger partial charge in [-0.25, -0.2) is 0 Å². The molecule has 4 heteroatoms. The van der Waals surface area contributed by atoms with E-state index in [2.05, 4.69) is 0 Å². The smallest absolute Gasteiger partial charge is 0.179 e. The molecule has 0 saturated heterocycles. The van der Waals surface area contributed by atoms with Gasteiger partial charge in [0.05, 0.1) is 25.3 Å². The maximum atomic E-state index is 9.81. The first kappa shape index (κ1) is 14.1. The van der Waals surface area contributed by atoms with E-state index in [1.165, 1.54) is 0 Å². The predicted octanol–water partition coefficient (Wildman–Crippen LogP) is 3.53. The number of aliphatic hydroxyl groups excluding tert-OH is 1. The number of methoxy groups -OCH3 is 2. The molecule has 0 heterocycles. The van der Waals surface area contributed by atoms with Gasteiger partial charge in [-0.2, -0.15) is 0 Å². The quantitative estimate of drug-likeness (QED) is 0.898. The van der Waals surface area contributed by atoms with Crippen LogP contribution in [0.2, 0.25) is 5.02 Å². The summed E-state index contributed by atoms with van der Waals surface area (Å²) in [4.78, 5) is 0. The molecule has 0 radical (unpaired) electrons. The van der Waals surface area contributed by atoms with Crippen LogP contribution in [0.1, 0.15) is 43.9 Å². The second kappa shape index (κ2) is 5.61. The number of hydrogen-bond donors (Lipinski definition) is 1. The van der Waals surface area contributed by atoms with E-state index < -0.39 is 6.10 Å². The molecule has 0 amide bonds. The highest BCUT2D eigenvalue weighted by Gasteiger charge is 2.22. The van der Waals surface area contributed by atoms with Gasteiger partial charge >= 0.3 is 0 Å². The van der Waals surface area contributed by atoms with E-state index in [1.807, 2.05) is 13.8 Å². The second-order valence-corrected chi connectivity index (χ2v) is 4.67. The van der Waals surface area contributed by atoms with Gasteiger partial charge in [-0.05, 0) is 24.5 Å². The Morgan fingerprint density at radius 1 is 1.12 bits per heavy atom. The number of ether oxygens (including phenoxy) is 2. The summed E-state index contributed by atoms with van der Waals surface area (Å²) in [5, 5.41) is 10.3. The normalized spacial score (nSPS) is 12.7. The van der Waals surface area contributed by atoms with Crippen LogP contribution in [0, 0.1) is 0 Å². The van der Waals surface area contributed by atoms with Crippen LogP contribution >= 0.6 is 11.6 Å². The zero-order chi connectivity index (χ0) is 13.2. The van der Waals surface area contributed by atoms with Gasteiger partial charge in [0.25, 0.3) is 0 Å². The zero-order valence-corrected chi connectivity index (χ0v) is 11.6. The zero-order valence-electron chi connectivity index (χ0n) is 10.9. The molecule has 1 unspecified atom stereocenters. The highest BCUT2D eigenvalue weighted by Crippen LogP contribution is 2.44. The fourth-order valence-electron chi connectivity index (χ4n) is 1.98. The van der Waals surface area contributed by atoms with Crippen LogP contribution in [0.3, 0.4) is 0 Å². The van der Waals surface area contributed by atoms with Crippen LogP contribution in [0.4, 0.5) is 0 Å². The molecular formula is C13H19ClO3. The molecule has 17 heavy (non-hydrogen) atoms. The van der Waals surface area contributed by atoms with Gasteiger partial charge in [0.2, 0.25) is 0 Å². The van der Waals surface area contributed by atoms with E-state index >= 15 is 0 Å². The Morgan fingerprint density at radius 3 is 2.00 bits per heavy atom. The van der Waals surface area contributed by atoms with Gasteiger partial charge in [0.1, 0.15) is 0 Å². The molecular weight excluding hydrogens is 240 g/mol. The lowest BCUT2D eigenvalue weighted by Gasteiger charge is -2.21. The molecule has 0 bridgehead atoms. The van der Waals surface area contributed by atoms with Gasteiger partial charge < -0.3 is 14.6 Å². The minimum atomic E-state index is -0.593. The van der Waals surface area contributed by atoms with Crippen molar-refractivity contribution in [3.05, 3.63) is 22.2 Å². The monoisotopic (exact) mass is 258 g/mol. The minimum absolute atomic E-state index is 0.209. The topological polar surface area (TPSA) is 38.7 Å². The molecule has 0 aliphatic heterocycles. The highest BCUT2D eigenvalue weighted by atomic mass is 35.5. The van der Waals surface area contributed by atoms with E-state index in [0.717, 1.165) is 11.1 Å². The Hall–Kier alpha value is -0.930. The predicted molar refractivity (Wildman–Crippen MR) is 69.3 cm³/mol. The third-order valence-corrected chi connectivity index (χ3v) is 2.98. The second-order valence-electron chi connectivity index (χ2n) is 4.26. The van der Waals surface area contributed by atoms with Crippen LogP contribution in [0.5, 0.6) is 11.5 Å². The molecule has 1 rings (SSSR count). The molecule has 0 spiro atoms. The van der Waals surface area contributed by atoms with E-state index in [9.17, 15) is 5.11 Å². The molecule has 1 aromatic carbocycles. The summed E-state index contributed by atoms with van der Waals surface area (Å²) >= 11 is 6.12. The van der Waals surface area contributed by atoms with E-state index in [0.29, 0.717) is 16.5 Å². The van der Waals surface area contributed by atoms with Crippen molar-refractivity contribution in [2.75, 3.05) is 14.2 Å². The van der Waals surface area contributed by atoms with Crippen molar-refractivity contribution in [3.8, 4) is 11.5 Å². The van der Waals surface area contributed by atoms with Gasteiger partial charge in [-0.1, -0.05) is 25.4 Å². The Balaban J connectivity index is 3.59. The van der Waals surface area contributed by atoms with Gasteiger partial charge in [-0.15, -0.1) is 0 Å². The molecule has 0 aromatic heterocycles. The maximum absolute atomic E-state index is 9.81. The van der Waals surface area contributed by atoms with Crippen LogP contribution in [-0.4, -0.2) is 19.3 Å². The molecule has 1 aromatic rings. The first-order valence-electron chi connectivity index (χ1n) is 5.56. The van der Waals surface area contributed by atoms with Crippen molar-refractivity contribution in [1.29, 1.82) is 0 Å². The van der Waals surface area contributed by atoms with E-state index in [1.54, 1.807) is 27.2 Å². The van der Waals surface area contributed by atoms with Crippen molar-refractivity contribution in [3.63, 3.8) is 0 Å². The number of hydrogen-bond acceptors (Lipinski definition) is 3. The Morgan fingerprint density at radius 2 is 1.65 bits per heavy atom. The number of benzene rings is 1. The Labute approximate surface area is 107 Å². The lowest BCUT2D eigenvalue weighted by molar-refractivity contribution is 0.197. The third-order valence-electron chi connectivity index (χ3n) is 2.70. The number of rotatable bonds is 4. The average molecular weight is 259 g/mol. The molecule has 0 aliphatic rings. The lowest BCUT2D eigenvalue weighted by atomic mass is 9.93. The SMILES string of the molecule is COc1c(Cl)cc(C(C)O)c(C(C)C)c1OC. The van der Waals surface area contributed by atoms with Crippen molar-refractivity contribution < 1.29 is 14.6 Å². The van der Waals surface area contributed by atoms with Gasteiger partial charge in [-0.3, -0.25) is 0 Å². The lowest BCUT2D eigenvalue weighted by Crippen LogP contribution is -2.05. The molecule has 1 N–H and O–H groups in total. The van der Waals surface area contributed by atoms with Crippen molar-refractivity contribution in [1.82, 2.24) is 0 Å². The van der Waals surface area contributed by atoms with E-state index in [4.69, 9.17) is 21.1 Å². The molecule has 0 aliphatic carbocycles. The van der Waals surface area contributed by atoms with Crippen LogP contribution in [0.15, 0.2) is 6.07 Å². The molecule has 0 fully saturated rings. The van der Waals surface area contributed by atoms with Crippen LogP contribution in [-0.2, 0) is 0 Å². The fraction of sp³-hybridized carbons (Fsp3) is 0.538. The largest absolute Gasteiger partial charge is 0.492 e. The first-order valence-corrected chi connectivity index (χ1v) is 5.94. The summed E-state index contributed by atoms with van der Waals surface area (Å²) in [6.45, 7) is 5.79. The maximum Gasteiger partial charge on any atom is 0.179 e. The average Bonchev–Trinajstić information content (AvgIpc) is 2.26. The summed E-state index contributed by atoms with van der Waals surface area (Å²) in [5.41, 5.74) is 1.71.